The van der Waals surface area contributed by atoms with E-state index in [2.05, 4.69) is 25.8 Å². The van der Waals surface area contributed by atoms with Crippen LogP contribution in [0.5, 0.6) is 0 Å². The van der Waals surface area contributed by atoms with Gasteiger partial charge in [0, 0.05) is 23.3 Å². The van der Waals surface area contributed by atoms with E-state index in [0.717, 1.165) is 12.1 Å². The summed E-state index contributed by atoms with van der Waals surface area (Å²) in [4.78, 5) is 20.5. The molecule has 0 aliphatic carbocycles. The van der Waals surface area contributed by atoms with Crippen LogP contribution in [0.1, 0.15) is 16.1 Å². The summed E-state index contributed by atoms with van der Waals surface area (Å²) in [6.07, 6.45) is -2.84. The molecule has 1 amide bonds. The highest BCUT2D eigenvalue weighted by Crippen LogP contribution is 2.31. The molecule has 30 heavy (non-hydrogen) atoms. The monoisotopic (exact) mass is 431 g/mol. The van der Waals surface area contributed by atoms with Crippen LogP contribution in [0.2, 0.25) is 0 Å². The molecule has 0 bridgehead atoms. The zero-order valence-corrected chi connectivity index (χ0v) is 15.8. The molecule has 0 aliphatic heterocycles. The number of rotatable bonds is 5. The van der Waals surface area contributed by atoms with E-state index >= 15 is 0 Å². The number of pyridine rings is 1. The maximum atomic E-state index is 12.6. The number of aromatic nitrogens is 3. The van der Waals surface area contributed by atoms with Gasteiger partial charge in [-0.05, 0) is 36.4 Å². The first kappa shape index (κ1) is 19.6. The van der Waals surface area contributed by atoms with Gasteiger partial charge in [-0.25, -0.2) is 9.97 Å². The predicted molar refractivity (Wildman–Crippen MR) is 105 cm³/mol. The van der Waals surface area contributed by atoms with E-state index in [1.807, 2.05) is 0 Å². The number of thiazole rings is 1. The molecule has 4 rings (SSSR count). The number of nitrogens with one attached hydrogen (secondary N) is 2. The number of halogens is 3. The summed E-state index contributed by atoms with van der Waals surface area (Å²) >= 11 is 1.23. The second kappa shape index (κ2) is 7.95. The molecular formula is C19H12F3N5O2S. The quantitative estimate of drug-likeness (QED) is 0.451. The molecule has 0 spiro atoms. The highest BCUT2D eigenvalue weighted by molar-refractivity contribution is 7.14. The lowest BCUT2D eigenvalue weighted by molar-refractivity contribution is -0.137. The van der Waals surface area contributed by atoms with Crippen molar-refractivity contribution in [2.24, 2.45) is 0 Å². The minimum absolute atomic E-state index is 0.0564. The van der Waals surface area contributed by atoms with Crippen molar-refractivity contribution in [3.05, 3.63) is 71.4 Å². The summed E-state index contributed by atoms with van der Waals surface area (Å²) < 4.78 is 43.1. The van der Waals surface area contributed by atoms with Crippen LogP contribution < -0.4 is 10.6 Å². The van der Waals surface area contributed by atoms with Gasteiger partial charge in [0.15, 0.2) is 16.6 Å². The Balaban J connectivity index is 1.43. The summed E-state index contributed by atoms with van der Waals surface area (Å²) in [6.45, 7) is 0. The molecule has 7 nitrogen and oxygen atoms in total. The summed E-state index contributed by atoms with van der Waals surface area (Å²) in [5, 5.41) is 11.4. The predicted octanol–water partition coefficient (Wildman–Crippen LogP) is 5.21. The van der Waals surface area contributed by atoms with E-state index in [9.17, 15) is 18.0 Å². The lowest BCUT2D eigenvalue weighted by Gasteiger charge is -2.07. The van der Waals surface area contributed by atoms with Gasteiger partial charge in [0.1, 0.15) is 11.5 Å². The first-order valence-electron chi connectivity index (χ1n) is 8.48. The average molecular weight is 431 g/mol. The van der Waals surface area contributed by atoms with E-state index < -0.39 is 17.6 Å². The van der Waals surface area contributed by atoms with Crippen LogP contribution in [0.15, 0.2) is 64.6 Å². The molecule has 152 valence electrons. The van der Waals surface area contributed by atoms with Gasteiger partial charge in [-0.1, -0.05) is 11.2 Å². The highest BCUT2D eigenvalue weighted by Gasteiger charge is 2.30. The molecular weight excluding hydrogens is 419 g/mol. The maximum Gasteiger partial charge on any atom is 0.416 e. The first-order valence-corrected chi connectivity index (χ1v) is 9.36. The number of hydrogen-bond acceptors (Lipinski definition) is 7. The van der Waals surface area contributed by atoms with Gasteiger partial charge < -0.3 is 15.2 Å². The van der Waals surface area contributed by atoms with Crippen LogP contribution in [-0.4, -0.2) is 21.0 Å². The van der Waals surface area contributed by atoms with Crippen LogP contribution in [0.25, 0.3) is 11.5 Å². The van der Waals surface area contributed by atoms with Gasteiger partial charge in [-0.2, -0.15) is 13.2 Å². The van der Waals surface area contributed by atoms with Crippen molar-refractivity contribution in [3.63, 3.8) is 0 Å². The lowest BCUT2D eigenvalue weighted by Crippen LogP contribution is -2.12. The molecule has 0 unspecified atom stereocenters. The molecule has 0 aliphatic rings. The standard InChI is InChI=1S/C19H12F3N5O2S/c20-19(21,22)11-4-6-12(7-5-11)24-18-25-14(10-30-18)15-9-13(27-29-15)17(28)26-16-3-1-2-8-23-16/h1-10H,(H,24,25)(H,23,26,28). The fourth-order valence-electron chi connectivity index (χ4n) is 2.43. The lowest BCUT2D eigenvalue weighted by atomic mass is 10.2. The maximum absolute atomic E-state index is 12.6. The molecule has 0 radical (unpaired) electrons. The fraction of sp³-hybridized carbons (Fsp3) is 0.0526. The molecule has 11 heteroatoms. The SMILES string of the molecule is O=C(Nc1ccccn1)c1cc(-c2csc(Nc3ccc(C(F)(F)F)cc3)n2)on1. The fourth-order valence-corrected chi connectivity index (χ4v) is 3.15. The summed E-state index contributed by atoms with van der Waals surface area (Å²) in [5.41, 5.74) is 0.211. The summed E-state index contributed by atoms with van der Waals surface area (Å²) in [6, 6.07) is 11.1. The number of alkyl halides is 3. The third-order valence-electron chi connectivity index (χ3n) is 3.87. The zero-order valence-electron chi connectivity index (χ0n) is 15.0. The number of carbonyl (C=O) groups excluding carboxylic acids is 1. The molecule has 2 N–H and O–H groups in total. The summed E-state index contributed by atoms with van der Waals surface area (Å²) in [5.74, 6) is 0.170. The Kier molecular flexibility index (Phi) is 5.19. The Morgan fingerprint density at radius 3 is 2.60 bits per heavy atom. The van der Waals surface area contributed by atoms with Gasteiger partial charge in [-0.3, -0.25) is 4.79 Å². The first-order chi connectivity index (χ1) is 14.4. The third kappa shape index (κ3) is 4.46. The van der Waals surface area contributed by atoms with Crippen LogP contribution in [0, 0.1) is 0 Å². The number of carbonyl (C=O) groups is 1. The van der Waals surface area contributed by atoms with E-state index in [1.165, 1.54) is 29.5 Å². The second-order valence-electron chi connectivity index (χ2n) is 5.98. The average Bonchev–Trinajstić information content (AvgIpc) is 3.38. The Bertz CT molecular complexity index is 1160. The second-order valence-corrected chi connectivity index (χ2v) is 6.84. The number of nitrogens with zero attached hydrogens (tertiary/aromatic N) is 3. The number of benzene rings is 1. The van der Waals surface area contributed by atoms with E-state index in [0.29, 0.717) is 22.3 Å². The van der Waals surface area contributed by atoms with Gasteiger partial charge in [0.05, 0.1) is 5.56 Å². The van der Waals surface area contributed by atoms with E-state index in [1.54, 1.807) is 29.8 Å². The minimum Gasteiger partial charge on any atom is -0.354 e. The largest absolute Gasteiger partial charge is 0.416 e. The smallest absolute Gasteiger partial charge is 0.354 e. The number of anilines is 3. The topological polar surface area (TPSA) is 92.9 Å². The molecule has 1 aromatic carbocycles. The van der Waals surface area contributed by atoms with Crippen molar-refractivity contribution in [1.82, 2.24) is 15.1 Å². The van der Waals surface area contributed by atoms with Crippen molar-refractivity contribution in [3.8, 4) is 11.5 Å². The third-order valence-corrected chi connectivity index (χ3v) is 4.63. The molecule has 0 atom stereocenters. The van der Waals surface area contributed by atoms with Crippen molar-refractivity contribution in [2.75, 3.05) is 10.6 Å². The molecule has 3 aromatic heterocycles. The van der Waals surface area contributed by atoms with E-state index in [-0.39, 0.29) is 11.5 Å². The Labute approximate surface area is 171 Å². The van der Waals surface area contributed by atoms with Gasteiger partial charge in [0.2, 0.25) is 0 Å². The zero-order chi connectivity index (χ0) is 21.1. The van der Waals surface area contributed by atoms with E-state index in [4.69, 9.17) is 4.52 Å². The Morgan fingerprint density at radius 1 is 1.10 bits per heavy atom. The van der Waals surface area contributed by atoms with Crippen LogP contribution in [0.3, 0.4) is 0 Å². The molecule has 4 aromatic rings. The minimum atomic E-state index is -4.39. The van der Waals surface area contributed by atoms with Crippen molar-refractivity contribution >= 4 is 33.9 Å². The molecule has 0 saturated heterocycles. The Morgan fingerprint density at radius 2 is 1.90 bits per heavy atom. The molecule has 0 fully saturated rings. The molecule has 0 saturated carbocycles. The van der Waals surface area contributed by atoms with Gasteiger partial charge in [0.25, 0.3) is 5.91 Å². The normalized spacial score (nSPS) is 11.3. The van der Waals surface area contributed by atoms with Crippen molar-refractivity contribution < 1.29 is 22.5 Å². The molecule has 3 heterocycles. The van der Waals surface area contributed by atoms with Crippen LogP contribution in [0.4, 0.5) is 29.8 Å². The number of hydrogen-bond donors (Lipinski definition) is 2. The highest BCUT2D eigenvalue weighted by atomic mass is 32.1. The number of amides is 1. The van der Waals surface area contributed by atoms with Crippen LogP contribution in [-0.2, 0) is 6.18 Å². The summed E-state index contributed by atoms with van der Waals surface area (Å²) in [7, 11) is 0. The van der Waals surface area contributed by atoms with Gasteiger partial charge in [-0.15, -0.1) is 11.3 Å². The van der Waals surface area contributed by atoms with Gasteiger partial charge >= 0.3 is 6.18 Å². The van der Waals surface area contributed by atoms with Crippen LogP contribution >= 0.6 is 11.3 Å². The Hall–Kier alpha value is -3.73. The van der Waals surface area contributed by atoms with Crippen molar-refractivity contribution in [2.45, 2.75) is 6.18 Å². The van der Waals surface area contributed by atoms with Crippen molar-refractivity contribution in [1.29, 1.82) is 0 Å².